The minimum atomic E-state index is -0.872. The second-order valence-corrected chi connectivity index (χ2v) is 3.16. The molecule has 5 heteroatoms. The molecule has 0 aliphatic carbocycles. The van der Waals surface area contributed by atoms with E-state index in [2.05, 4.69) is 0 Å². The predicted molar refractivity (Wildman–Crippen MR) is 42.7 cm³/mol. The molecule has 0 radical (unpaired) electrons. The van der Waals surface area contributed by atoms with Gasteiger partial charge in [-0.1, -0.05) is 0 Å². The van der Waals surface area contributed by atoms with Crippen LogP contribution in [0.25, 0.3) is 0 Å². The van der Waals surface area contributed by atoms with E-state index in [1.165, 1.54) is 0 Å². The molecule has 0 aromatic rings. The molecule has 2 N–H and O–H groups in total. The molecule has 0 amide bonds. The molecule has 1 saturated heterocycles. The van der Waals surface area contributed by atoms with Crippen LogP contribution in [-0.2, 0) is 14.1 Å². The first-order valence-electron chi connectivity index (χ1n) is 3.44. The Labute approximate surface area is 67.3 Å². The van der Waals surface area contributed by atoms with Crippen molar-refractivity contribution in [3.63, 3.8) is 0 Å². The number of nitrogens with two attached hydrogens (primary N) is 1. The maximum absolute atomic E-state index is 11.1. The van der Waals surface area contributed by atoms with Crippen molar-refractivity contribution < 1.29 is 14.1 Å². The third-order valence-electron chi connectivity index (χ3n) is 1.65. The van der Waals surface area contributed by atoms with Gasteiger partial charge in [0.05, 0.1) is 15.4 Å². The van der Waals surface area contributed by atoms with Crippen LogP contribution in [0.4, 0.5) is 0 Å². The molecule has 0 spiro atoms. The van der Waals surface area contributed by atoms with Gasteiger partial charge in [0.15, 0.2) is 0 Å². The van der Waals surface area contributed by atoms with Crippen LogP contribution in [0.2, 0.25) is 0 Å². The van der Waals surface area contributed by atoms with Crippen molar-refractivity contribution in [2.75, 3.05) is 19.9 Å². The van der Waals surface area contributed by atoms with E-state index in [0.717, 1.165) is 0 Å². The van der Waals surface area contributed by atoms with Gasteiger partial charge in [0.1, 0.15) is 5.54 Å². The Morgan fingerprint density at radius 2 is 2.55 bits per heavy atom. The van der Waals surface area contributed by atoms with Crippen molar-refractivity contribution >= 4 is 14.8 Å². The normalized spacial score (nSPS) is 31.5. The molecule has 1 aliphatic heterocycles. The van der Waals surface area contributed by atoms with Crippen LogP contribution in [0, 0.1) is 0 Å². The fraction of sp³-hybridized carbons (Fsp3) is 0.833. The molecule has 2 unspecified atom stereocenters. The summed E-state index contributed by atoms with van der Waals surface area (Å²) >= 11 is 0. The maximum Gasteiger partial charge on any atom is 0.330 e. The molecule has 2 atom stereocenters. The van der Waals surface area contributed by atoms with E-state index in [0.29, 0.717) is 13.0 Å². The Balaban J connectivity index is 2.49. The average Bonchev–Trinajstić information content (AvgIpc) is 2.38. The third kappa shape index (κ3) is 1.89. The molecular weight excluding hydrogens is 165 g/mol. The van der Waals surface area contributed by atoms with Gasteiger partial charge in [0.2, 0.25) is 0 Å². The summed E-state index contributed by atoms with van der Waals surface area (Å²) in [6.45, 7) is 2.63. The SMILES string of the molecule is CPOC(=O)C1(N)CCOC1. The van der Waals surface area contributed by atoms with Crippen LogP contribution in [-0.4, -0.2) is 31.4 Å². The molecule has 64 valence electrons. The summed E-state index contributed by atoms with van der Waals surface area (Å²) in [5.41, 5.74) is 4.82. The lowest BCUT2D eigenvalue weighted by Crippen LogP contribution is -2.48. The first-order valence-corrected chi connectivity index (χ1v) is 4.84. The fourth-order valence-electron chi connectivity index (χ4n) is 0.936. The number of carbonyl (C=O) groups is 1. The fourth-order valence-corrected chi connectivity index (χ4v) is 1.32. The zero-order valence-corrected chi connectivity index (χ0v) is 7.42. The van der Waals surface area contributed by atoms with Crippen molar-refractivity contribution in [3.05, 3.63) is 0 Å². The van der Waals surface area contributed by atoms with Crippen LogP contribution in [0.1, 0.15) is 6.42 Å². The van der Waals surface area contributed by atoms with E-state index in [-0.39, 0.29) is 21.4 Å². The molecule has 0 aromatic heterocycles. The summed E-state index contributed by atoms with van der Waals surface area (Å²) in [4.78, 5) is 11.1. The Bertz CT molecular complexity index is 156. The summed E-state index contributed by atoms with van der Waals surface area (Å²) in [6.07, 6.45) is 0.566. The lowest BCUT2D eigenvalue weighted by atomic mass is 10.0. The highest BCUT2D eigenvalue weighted by molar-refractivity contribution is 7.31. The van der Waals surface area contributed by atoms with E-state index in [1.807, 2.05) is 0 Å². The van der Waals surface area contributed by atoms with Gasteiger partial charge in [-0.2, -0.15) is 0 Å². The van der Waals surface area contributed by atoms with Gasteiger partial charge in [-0.15, -0.1) is 0 Å². The number of hydrogen-bond donors (Lipinski definition) is 1. The lowest BCUT2D eigenvalue weighted by Gasteiger charge is -2.18. The monoisotopic (exact) mass is 177 g/mol. The molecule has 1 fully saturated rings. The molecule has 0 bridgehead atoms. The van der Waals surface area contributed by atoms with Gasteiger partial charge in [0, 0.05) is 13.0 Å². The van der Waals surface area contributed by atoms with E-state index >= 15 is 0 Å². The highest BCUT2D eigenvalue weighted by atomic mass is 31.1. The van der Waals surface area contributed by atoms with Gasteiger partial charge in [-0.05, 0) is 6.66 Å². The van der Waals surface area contributed by atoms with E-state index in [1.54, 1.807) is 6.66 Å². The van der Waals surface area contributed by atoms with Crippen LogP contribution in [0.3, 0.4) is 0 Å². The third-order valence-corrected chi connectivity index (χ3v) is 2.04. The van der Waals surface area contributed by atoms with Crippen molar-refractivity contribution in [1.82, 2.24) is 0 Å². The topological polar surface area (TPSA) is 61.5 Å². The molecule has 1 rings (SSSR count). The van der Waals surface area contributed by atoms with Gasteiger partial charge in [-0.3, -0.25) is 0 Å². The minimum absolute atomic E-state index is 0.160. The largest absolute Gasteiger partial charge is 0.447 e. The summed E-state index contributed by atoms with van der Waals surface area (Å²) in [7, 11) is 0.160. The highest BCUT2D eigenvalue weighted by Gasteiger charge is 2.39. The van der Waals surface area contributed by atoms with Gasteiger partial charge >= 0.3 is 5.97 Å². The zero-order chi connectivity index (χ0) is 8.32. The Hall–Kier alpha value is -0.180. The number of hydrogen-bond acceptors (Lipinski definition) is 4. The van der Waals surface area contributed by atoms with E-state index < -0.39 is 5.54 Å². The maximum atomic E-state index is 11.1. The summed E-state index contributed by atoms with van der Waals surface area (Å²) < 4.78 is 9.82. The molecule has 1 aliphatic rings. The summed E-state index contributed by atoms with van der Waals surface area (Å²) in [5.74, 6) is -0.337. The van der Waals surface area contributed by atoms with Crippen LogP contribution in [0.15, 0.2) is 0 Å². The Morgan fingerprint density at radius 3 is 3.00 bits per heavy atom. The molecule has 4 nitrogen and oxygen atoms in total. The number of carbonyl (C=O) groups excluding carboxylic acids is 1. The minimum Gasteiger partial charge on any atom is -0.447 e. The summed E-state index contributed by atoms with van der Waals surface area (Å²) in [6, 6.07) is 0. The van der Waals surface area contributed by atoms with Crippen LogP contribution >= 0.6 is 8.81 Å². The molecule has 11 heavy (non-hydrogen) atoms. The molecule has 0 aromatic carbocycles. The Morgan fingerprint density at radius 1 is 1.82 bits per heavy atom. The van der Waals surface area contributed by atoms with Crippen molar-refractivity contribution in [1.29, 1.82) is 0 Å². The smallest absolute Gasteiger partial charge is 0.330 e. The molecule has 0 saturated carbocycles. The number of rotatable bonds is 2. The van der Waals surface area contributed by atoms with Gasteiger partial charge in [0.25, 0.3) is 0 Å². The standard InChI is InChI=1S/C6H12NO3P/c1-11-10-5(8)6(7)2-3-9-4-6/h11H,2-4,7H2,1H3. The van der Waals surface area contributed by atoms with Gasteiger partial charge in [-0.25, -0.2) is 4.79 Å². The number of ether oxygens (including phenoxy) is 1. The second kappa shape index (κ2) is 3.48. The van der Waals surface area contributed by atoms with Crippen molar-refractivity contribution in [3.8, 4) is 0 Å². The lowest BCUT2D eigenvalue weighted by molar-refractivity contribution is -0.139. The van der Waals surface area contributed by atoms with Crippen LogP contribution in [0.5, 0.6) is 0 Å². The first-order chi connectivity index (χ1) is 5.19. The highest BCUT2D eigenvalue weighted by Crippen LogP contribution is 2.20. The quantitative estimate of drug-likeness (QED) is 0.597. The summed E-state index contributed by atoms with van der Waals surface area (Å²) in [5, 5.41) is 0. The predicted octanol–water partition coefficient (Wildman–Crippen LogP) is -0.129. The first kappa shape index (κ1) is 8.91. The van der Waals surface area contributed by atoms with Crippen molar-refractivity contribution in [2.45, 2.75) is 12.0 Å². The van der Waals surface area contributed by atoms with Crippen LogP contribution < -0.4 is 5.73 Å². The average molecular weight is 177 g/mol. The van der Waals surface area contributed by atoms with Gasteiger partial charge < -0.3 is 15.0 Å². The van der Waals surface area contributed by atoms with E-state index in [9.17, 15) is 4.79 Å². The van der Waals surface area contributed by atoms with E-state index in [4.69, 9.17) is 15.0 Å². The second-order valence-electron chi connectivity index (χ2n) is 2.55. The molecular formula is C6H12NO3P. The molecule has 1 heterocycles. The van der Waals surface area contributed by atoms with Crippen molar-refractivity contribution in [2.24, 2.45) is 5.73 Å². The zero-order valence-electron chi connectivity index (χ0n) is 6.42. The Kier molecular flexibility index (Phi) is 2.82.